The Labute approximate surface area is 249 Å². The van der Waals surface area contributed by atoms with Crippen molar-refractivity contribution in [2.45, 2.75) is 148 Å². The second kappa shape index (κ2) is 40.1. The first kappa shape index (κ1) is 43.6. The molecule has 0 heterocycles. The predicted octanol–water partition coefficient (Wildman–Crippen LogP) is 2.54. The van der Waals surface area contributed by atoms with Crippen molar-refractivity contribution >= 4 is 11.9 Å². The van der Waals surface area contributed by atoms with Crippen LogP contribution in [0.4, 0.5) is 0 Å². The Morgan fingerprint density at radius 2 is 1.00 bits per heavy atom. The number of unbranched alkanes of at least 4 members (excludes halogenated alkanes) is 15. The summed E-state index contributed by atoms with van der Waals surface area (Å²) in [6, 6.07) is 0. The van der Waals surface area contributed by atoms with E-state index in [1.165, 1.54) is 83.5 Å². The molecule has 0 aliphatic carbocycles. The monoisotopic (exact) mass is 540 g/mol. The summed E-state index contributed by atoms with van der Waals surface area (Å²) in [4.78, 5) is 20.2. The molecule has 0 radical (unpaired) electrons. The van der Waals surface area contributed by atoms with Crippen LogP contribution in [0, 0.1) is 0 Å². The summed E-state index contributed by atoms with van der Waals surface area (Å²) in [6.07, 6.45) is 25.8. The van der Waals surface area contributed by atoms with Gasteiger partial charge in [-0.3, -0.25) is 4.79 Å². The van der Waals surface area contributed by atoms with E-state index in [1.807, 2.05) is 0 Å². The van der Waals surface area contributed by atoms with E-state index in [4.69, 9.17) is 20.4 Å². The number of hydrogen-bond acceptors (Lipinski definition) is 6. The van der Waals surface area contributed by atoms with Gasteiger partial charge in [-0.2, -0.15) is 0 Å². The van der Waals surface area contributed by atoms with Crippen LogP contribution in [0.15, 0.2) is 12.2 Å². The number of aliphatic hydroxyl groups excluding tert-OH is 3. The number of aliphatic carboxylic acids is 2. The second-order valence-corrected chi connectivity index (χ2v) is 9.28. The molecule has 0 aliphatic heterocycles. The SMILES string of the molecule is CCCCCCCC(=O)O.CCCCCCCCC=CCCCCCCCC(=O)[O-].OCC(O)CO.[Na+]. The predicted molar refractivity (Wildman–Crippen MR) is 146 cm³/mol. The van der Waals surface area contributed by atoms with Gasteiger partial charge >= 0.3 is 35.5 Å². The molecule has 37 heavy (non-hydrogen) atoms. The summed E-state index contributed by atoms with van der Waals surface area (Å²) in [5.74, 6) is -1.58. The number of allylic oxidation sites excluding steroid dienone is 2. The van der Waals surface area contributed by atoms with Crippen molar-refractivity contribution in [2.75, 3.05) is 13.2 Å². The molecule has 0 fully saturated rings. The smallest absolute Gasteiger partial charge is 0.550 e. The second-order valence-electron chi connectivity index (χ2n) is 9.28. The summed E-state index contributed by atoms with van der Waals surface area (Å²) in [7, 11) is 0. The molecule has 0 rings (SSSR count). The molecule has 0 unspecified atom stereocenters. The van der Waals surface area contributed by atoms with Crippen molar-refractivity contribution in [3.63, 3.8) is 0 Å². The Morgan fingerprint density at radius 1 is 0.649 bits per heavy atom. The zero-order chi connectivity index (χ0) is 27.7. The largest absolute Gasteiger partial charge is 1.00 e. The van der Waals surface area contributed by atoms with E-state index < -0.39 is 18.0 Å². The zero-order valence-electron chi connectivity index (χ0n) is 24.3. The summed E-state index contributed by atoms with van der Waals surface area (Å²) in [5.41, 5.74) is 0. The standard InChI is InChI=1S/C18H34O2.C8H16O2.C3H8O3.Na/c1-2-3-4-5-6-7-8-9-10-11-12-13-14-15-16-17-18(19)20;1-2-3-4-5-6-7-8(9)10;4-1-3(6)2-5;/h9-10H,2-8,11-17H2,1H3,(H,19,20);2-7H2,1H3,(H,9,10);3-6H,1-2H2;/q;;;+1/p-1. The van der Waals surface area contributed by atoms with E-state index in [-0.39, 0.29) is 49.2 Å². The van der Waals surface area contributed by atoms with Gasteiger partial charge in [0.15, 0.2) is 0 Å². The number of carboxylic acid groups (broad SMARTS) is 2. The van der Waals surface area contributed by atoms with Gasteiger partial charge in [-0.15, -0.1) is 0 Å². The summed E-state index contributed by atoms with van der Waals surface area (Å²) in [5, 5.41) is 42.5. The molecular weight excluding hydrogens is 483 g/mol. The number of carbonyl (C=O) groups excluding carboxylic acids is 1. The molecule has 216 valence electrons. The maximum atomic E-state index is 10.2. The van der Waals surface area contributed by atoms with Gasteiger partial charge in [0.05, 0.1) is 13.2 Å². The van der Waals surface area contributed by atoms with Gasteiger partial charge in [-0.1, -0.05) is 103 Å². The van der Waals surface area contributed by atoms with Crippen molar-refractivity contribution in [1.82, 2.24) is 0 Å². The van der Waals surface area contributed by atoms with Crippen LogP contribution >= 0.6 is 0 Å². The van der Waals surface area contributed by atoms with E-state index >= 15 is 0 Å². The van der Waals surface area contributed by atoms with Gasteiger partial charge in [-0.25, -0.2) is 0 Å². The maximum Gasteiger partial charge on any atom is 1.00 e. The minimum atomic E-state index is -0.954. The van der Waals surface area contributed by atoms with Crippen molar-refractivity contribution in [1.29, 1.82) is 0 Å². The maximum absolute atomic E-state index is 10.2. The summed E-state index contributed by atoms with van der Waals surface area (Å²) in [6.45, 7) is 3.68. The molecule has 0 saturated carbocycles. The topological polar surface area (TPSA) is 138 Å². The Kier molecular flexibility index (Phi) is 47.2. The molecule has 0 spiro atoms. The Morgan fingerprint density at radius 3 is 1.32 bits per heavy atom. The normalized spacial score (nSPS) is 10.3. The van der Waals surface area contributed by atoms with Crippen LogP contribution in [0.5, 0.6) is 0 Å². The molecule has 7 nitrogen and oxygen atoms in total. The Hall–Kier alpha value is -0.440. The van der Waals surface area contributed by atoms with Crippen molar-refractivity contribution in [3.8, 4) is 0 Å². The zero-order valence-corrected chi connectivity index (χ0v) is 26.3. The van der Waals surface area contributed by atoms with Gasteiger partial charge in [0.1, 0.15) is 6.10 Å². The Balaban J connectivity index is -0.000000266. The first-order valence-electron chi connectivity index (χ1n) is 14.3. The fourth-order valence-corrected chi connectivity index (χ4v) is 3.28. The molecule has 4 N–H and O–H groups in total. The molecule has 0 aromatic heterocycles. The van der Waals surface area contributed by atoms with Crippen molar-refractivity contribution in [2.24, 2.45) is 0 Å². The van der Waals surface area contributed by atoms with Crippen molar-refractivity contribution in [3.05, 3.63) is 12.2 Å². The van der Waals surface area contributed by atoms with E-state index in [0.29, 0.717) is 6.42 Å². The van der Waals surface area contributed by atoms with E-state index in [0.717, 1.165) is 32.1 Å². The molecule has 8 heteroatoms. The van der Waals surface area contributed by atoms with E-state index in [1.54, 1.807) is 0 Å². The molecular formula is C29H57NaO7. The molecule has 0 aromatic rings. The molecule has 0 amide bonds. The van der Waals surface area contributed by atoms with Crippen LogP contribution < -0.4 is 34.7 Å². The van der Waals surface area contributed by atoms with Gasteiger partial charge < -0.3 is 30.3 Å². The van der Waals surface area contributed by atoms with E-state index in [9.17, 15) is 14.7 Å². The van der Waals surface area contributed by atoms with Crippen LogP contribution in [0.1, 0.15) is 142 Å². The quantitative estimate of drug-likeness (QED) is 0.0888. The van der Waals surface area contributed by atoms with Crippen molar-refractivity contribution < 1.29 is 64.7 Å². The van der Waals surface area contributed by atoms with Crippen LogP contribution in [0.25, 0.3) is 0 Å². The van der Waals surface area contributed by atoms with Crippen LogP contribution in [0.3, 0.4) is 0 Å². The third-order valence-electron chi connectivity index (χ3n) is 5.56. The number of rotatable bonds is 23. The first-order chi connectivity index (χ1) is 17.3. The van der Waals surface area contributed by atoms with Gasteiger partial charge in [-0.05, 0) is 44.9 Å². The fraction of sp³-hybridized carbons (Fsp3) is 0.862. The third kappa shape index (κ3) is 52.7. The van der Waals surface area contributed by atoms with Gasteiger partial charge in [0.2, 0.25) is 0 Å². The fourth-order valence-electron chi connectivity index (χ4n) is 3.28. The number of hydrogen-bond donors (Lipinski definition) is 4. The molecule has 0 aliphatic rings. The van der Waals surface area contributed by atoms with Gasteiger partial charge in [0.25, 0.3) is 0 Å². The first-order valence-corrected chi connectivity index (χ1v) is 14.3. The molecule has 0 aromatic carbocycles. The van der Waals surface area contributed by atoms with Crippen LogP contribution in [-0.4, -0.2) is 51.7 Å². The van der Waals surface area contributed by atoms with Crippen LogP contribution in [-0.2, 0) is 9.59 Å². The molecule has 0 saturated heterocycles. The summed E-state index contributed by atoms with van der Waals surface area (Å²) < 4.78 is 0. The minimum absolute atomic E-state index is 0. The molecule has 0 bridgehead atoms. The van der Waals surface area contributed by atoms with E-state index in [2.05, 4.69) is 26.0 Å². The average Bonchev–Trinajstić information content (AvgIpc) is 2.86. The Bertz CT molecular complexity index is 469. The van der Waals surface area contributed by atoms with Crippen LogP contribution in [0.2, 0.25) is 0 Å². The number of carboxylic acids is 2. The third-order valence-corrected chi connectivity index (χ3v) is 5.56. The number of carbonyl (C=O) groups is 2. The molecule has 0 atom stereocenters. The average molecular weight is 541 g/mol. The number of aliphatic hydroxyl groups is 3. The van der Waals surface area contributed by atoms with Gasteiger partial charge in [0, 0.05) is 12.4 Å². The summed E-state index contributed by atoms with van der Waals surface area (Å²) >= 11 is 0. The minimum Gasteiger partial charge on any atom is -0.550 e.